The van der Waals surface area contributed by atoms with E-state index in [4.69, 9.17) is 16.2 Å². The maximum Gasteiger partial charge on any atom is 0.181 e. The number of aromatic nitrogens is 2. The number of aliphatic imine (C=N–C) groups is 1. The van der Waals surface area contributed by atoms with Crippen molar-refractivity contribution in [3.63, 3.8) is 0 Å². The van der Waals surface area contributed by atoms with Gasteiger partial charge in [-0.3, -0.25) is 10.7 Å². The number of rotatable bonds is 8. The molecule has 0 radical (unpaired) electrons. The van der Waals surface area contributed by atoms with Crippen LogP contribution in [0.1, 0.15) is 30.7 Å². The van der Waals surface area contributed by atoms with E-state index in [1.165, 1.54) is 18.4 Å². The first-order valence-corrected chi connectivity index (χ1v) is 10.2. The van der Waals surface area contributed by atoms with Crippen LogP contribution >= 0.6 is 11.6 Å². The number of sulfone groups is 1. The summed E-state index contributed by atoms with van der Waals surface area (Å²) in [6, 6.07) is 3.84. The lowest BCUT2D eigenvalue weighted by molar-refractivity contribution is 0.234. The van der Waals surface area contributed by atoms with Crippen molar-refractivity contribution >= 4 is 33.0 Å². The lowest BCUT2D eigenvalue weighted by atomic mass is 10.1. The summed E-state index contributed by atoms with van der Waals surface area (Å²) in [6.07, 6.45) is 3.56. The first kappa shape index (κ1) is 20.3. The summed E-state index contributed by atoms with van der Waals surface area (Å²) in [5.74, 6) is -0.477. The van der Waals surface area contributed by atoms with E-state index < -0.39 is 15.7 Å². The third kappa shape index (κ3) is 6.04. The van der Waals surface area contributed by atoms with Crippen LogP contribution in [0.2, 0.25) is 5.02 Å². The van der Waals surface area contributed by atoms with E-state index in [0.717, 1.165) is 6.07 Å². The van der Waals surface area contributed by atoms with E-state index in [9.17, 15) is 18.0 Å². The Labute approximate surface area is 154 Å². The molecule has 11 heteroatoms. The molecule has 1 aromatic heterocycles. The average Bonchev–Trinajstić information content (AvgIpc) is 3.03. The van der Waals surface area contributed by atoms with Crippen LogP contribution in [0.5, 0.6) is 0 Å². The number of aryl methyl sites for hydroxylation is 1. The monoisotopic (exact) mass is 404 g/mol. The Balaban J connectivity index is 2.06. The number of benzene rings is 1. The summed E-state index contributed by atoms with van der Waals surface area (Å²) in [6.45, 7) is 0. The van der Waals surface area contributed by atoms with Gasteiger partial charge in [-0.15, -0.1) is 0 Å². The minimum atomic E-state index is -2.97. The van der Waals surface area contributed by atoms with E-state index in [1.807, 2.05) is 5.48 Å². The highest BCUT2D eigenvalue weighted by Gasteiger charge is 2.16. The molecular weight excluding hydrogens is 387 g/mol. The Morgan fingerprint density at radius 1 is 1.35 bits per heavy atom. The van der Waals surface area contributed by atoms with Crippen LogP contribution in [0.25, 0.3) is 0 Å². The molecule has 2 aromatic rings. The molecule has 0 unspecified atom stereocenters. The van der Waals surface area contributed by atoms with Gasteiger partial charge in [0.1, 0.15) is 21.3 Å². The Morgan fingerprint density at radius 3 is 2.77 bits per heavy atom. The molecule has 0 saturated carbocycles. The predicted molar refractivity (Wildman–Crippen MR) is 94.1 cm³/mol. The minimum Gasteiger partial charge on any atom is -0.290 e. The standard InChI is InChI=1S/C15H18ClFN4O4S/c1-26(23,24)8-4-2-3-5-13-14(21-25-20-13)15(19-22)18-10-6-7-12(17)11(16)9-10/h6-7,9,22H,2-5,8H2,1H3,(H,18,19). The van der Waals surface area contributed by atoms with Crippen molar-refractivity contribution in [1.82, 2.24) is 15.8 Å². The maximum absolute atomic E-state index is 13.2. The van der Waals surface area contributed by atoms with Gasteiger partial charge in [0, 0.05) is 12.0 Å². The van der Waals surface area contributed by atoms with Crippen molar-refractivity contribution in [3.8, 4) is 0 Å². The molecule has 8 nitrogen and oxygen atoms in total. The van der Waals surface area contributed by atoms with Crippen molar-refractivity contribution in [3.05, 3.63) is 40.4 Å². The quantitative estimate of drug-likeness (QED) is 0.300. The lowest BCUT2D eigenvalue weighted by Gasteiger charge is -2.04. The number of hydroxylamine groups is 1. The molecule has 0 bridgehead atoms. The summed E-state index contributed by atoms with van der Waals surface area (Å²) in [5, 5.41) is 16.7. The van der Waals surface area contributed by atoms with Gasteiger partial charge < -0.3 is 0 Å². The Bertz CT molecular complexity index is 886. The molecule has 0 aliphatic heterocycles. The number of halogens is 2. The normalized spacial score (nSPS) is 12.4. The molecule has 2 N–H and O–H groups in total. The molecule has 142 valence electrons. The zero-order valence-electron chi connectivity index (χ0n) is 13.9. The highest BCUT2D eigenvalue weighted by atomic mass is 35.5. The minimum absolute atomic E-state index is 0.0277. The number of unbranched alkanes of at least 4 members (excludes halogenated alkanes) is 2. The molecule has 2 rings (SSSR count). The van der Waals surface area contributed by atoms with Crippen molar-refractivity contribution in [2.24, 2.45) is 4.99 Å². The molecular formula is C15H18ClFN4O4S. The predicted octanol–water partition coefficient (Wildman–Crippen LogP) is 2.68. The van der Waals surface area contributed by atoms with Crippen LogP contribution in [0, 0.1) is 5.82 Å². The molecule has 0 atom stereocenters. The van der Waals surface area contributed by atoms with Crippen LogP contribution < -0.4 is 5.48 Å². The third-order valence-corrected chi connectivity index (χ3v) is 4.78. The first-order chi connectivity index (χ1) is 12.3. The topological polar surface area (TPSA) is 118 Å². The lowest BCUT2D eigenvalue weighted by Crippen LogP contribution is -2.22. The summed E-state index contributed by atoms with van der Waals surface area (Å²) < 4.78 is 40.1. The van der Waals surface area contributed by atoms with Crippen LogP contribution in [0.3, 0.4) is 0 Å². The van der Waals surface area contributed by atoms with Gasteiger partial charge in [0.2, 0.25) is 0 Å². The number of nitrogens with zero attached hydrogens (tertiary/aromatic N) is 3. The summed E-state index contributed by atoms with van der Waals surface area (Å²) in [5.41, 5.74) is 2.88. The van der Waals surface area contributed by atoms with Gasteiger partial charge in [-0.2, -0.15) is 0 Å². The highest BCUT2D eigenvalue weighted by Crippen LogP contribution is 2.22. The molecule has 0 saturated heterocycles. The van der Waals surface area contributed by atoms with Crippen molar-refractivity contribution < 1.29 is 22.6 Å². The summed E-state index contributed by atoms with van der Waals surface area (Å²) in [7, 11) is -2.97. The largest absolute Gasteiger partial charge is 0.290 e. The third-order valence-electron chi connectivity index (χ3n) is 3.46. The number of hydrogen-bond acceptors (Lipinski definition) is 7. The Hall–Kier alpha value is -2.04. The second-order valence-corrected chi connectivity index (χ2v) is 8.34. The van der Waals surface area contributed by atoms with Crippen molar-refractivity contribution in [1.29, 1.82) is 0 Å². The fraction of sp³-hybridized carbons (Fsp3) is 0.400. The summed E-state index contributed by atoms with van der Waals surface area (Å²) >= 11 is 5.71. The zero-order valence-corrected chi connectivity index (χ0v) is 15.5. The van der Waals surface area contributed by atoms with Crippen LogP contribution in [-0.4, -0.2) is 41.8 Å². The molecule has 1 heterocycles. The first-order valence-electron chi connectivity index (χ1n) is 7.73. The second kappa shape index (κ2) is 9.06. The molecule has 0 amide bonds. The molecule has 1 aromatic carbocycles. The number of amidine groups is 1. The van der Waals surface area contributed by atoms with E-state index in [2.05, 4.69) is 15.3 Å². The summed E-state index contributed by atoms with van der Waals surface area (Å²) in [4.78, 5) is 4.12. The van der Waals surface area contributed by atoms with E-state index in [1.54, 1.807) is 0 Å². The zero-order chi connectivity index (χ0) is 19.2. The molecule has 0 spiro atoms. The van der Waals surface area contributed by atoms with Crippen LogP contribution in [0.15, 0.2) is 27.8 Å². The van der Waals surface area contributed by atoms with Gasteiger partial charge in [0.05, 0.1) is 10.7 Å². The SMILES string of the molecule is CS(=O)(=O)CCCCCc1nonc1C(=Nc1ccc(F)c(Cl)c1)NO. The van der Waals surface area contributed by atoms with Crippen LogP contribution in [-0.2, 0) is 16.3 Å². The Morgan fingerprint density at radius 2 is 2.12 bits per heavy atom. The average molecular weight is 405 g/mol. The van der Waals surface area contributed by atoms with Gasteiger partial charge in [0.25, 0.3) is 0 Å². The fourth-order valence-corrected chi connectivity index (χ4v) is 3.10. The maximum atomic E-state index is 13.2. The molecule has 26 heavy (non-hydrogen) atoms. The van der Waals surface area contributed by atoms with Crippen molar-refractivity contribution in [2.45, 2.75) is 25.7 Å². The fourth-order valence-electron chi connectivity index (χ4n) is 2.20. The van der Waals surface area contributed by atoms with Gasteiger partial charge in [-0.25, -0.2) is 22.4 Å². The van der Waals surface area contributed by atoms with Gasteiger partial charge in [-0.05, 0) is 42.6 Å². The smallest absolute Gasteiger partial charge is 0.181 e. The highest BCUT2D eigenvalue weighted by molar-refractivity contribution is 7.90. The number of nitrogens with one attached hydrogen (secondary N) is 1. The van der Waals surface area contributed by atoms with Gasteiger partial charge >= 0.3 is 0 Å². The van der Waals surface area contributed by atoms with Gasteiger partial charge in [0.15, 0.2) is 11.5 Å². The molecule has 0 aliphatic carbocycles. The Kier molecular flexibility index (Phi) is 7.06. The molecule has 0 aliphatic rings. The van der Waals surface area contributed by atoms with E-state index in [0.29, 0.717) is 37.1 Å². The van der Waals surface area contributed by atoms with Crippen LogP contribution in [0.4, 0.5) is 10.1 Å². The molecule has 0 fully saturated rings. The van der Waals surface area contributed by atoms with Gasteiger partial charge in [-0.1, -0.05) is 23.2 Å². The second-order valence-electron chi connectivity index (χ2n) is 5.67. The van der Waals surface area contributed by atoms with E-state index in [-0.39, 0.29) is 22.3 Å². The number of hydrogen-bond donors (Lipinski definition) is 2. The van der Waals surface area contributed by atoms with Crippen molar-refractivity contribution in [2.75, 3.05) is 12.0 Å². The van der Waals surface area contributed by atoms with E-state index >= 15 is 0 Å².